The molecule has 2 rings (SSSR count). The van der Waals surface area contributed by atoms with Gasteiger partial charge < -0.3 is 9.04 Å². The van der Waals surface area contributed by atoms with Crippen LogP contribution in [0.3, 0.4) is 0 Å². The van der Waals surface area contributed by atoms with Gasteiger partial charge in [-0.1, -0.05) is 65.0 Å². The van der Waals surface area contributed by atoms with Crippen LogP contribution in [0.2, 0.25) is 0 Å². The Hall–Kier alpha value is -1.43. The number of fused-ring (bicyclic) bond motifs is 1. The Morgan fingerprint density at radius 2 is 1.24 bits per heavy atom. The van der Waals surface area contributed by atoms with Gasteiger partial charge in [0.1, 0.15) is 10.1 Å². The Labute approximate surface area is 178 Å². The molecule has 0 aliphatic heterocycles. The van der Waals surface area contributed by atoms with Crippen molar-refractivity contribution < 1.29 is 17.5 Å². The molecule has 29 heavy (non-hydrogen) atoms. The molecular formula is C24H39NO3S. The van der Waals surface area contributed by atoms with Crippen LogP contribution in [-0.4, -0.2) is 43.6 Å². The summed E-state index contributed by atoms with van der Waals surface area (Å²) >= 11 is 0. The maximum Gasteiger partial charge on any atom is 0.124 e. The van der Waals surface area contributed by atoms with Crippen LogP contribution in [0.1, 0.15) is 65.9 Å². The second kappa shape index (κ2) is 12.3. The van der Waals surface area contributed by atoms with E-state index >= 15 is 0 Å². The Kier molecular flexibility index (Phi) is 10.9. The predicted molar refractivity (Wildman–Crippen MR) is 122 cm³/mol. The zero-order valence-corrected chi connectivity index (χ0v) is 19.7. The second-order valence-electron chi connectivity index (χ2n) is 7.81. The molecule has 2 aromatic rings. The third-order valence-corrected chi connectivity index (χ3v) is 6.33. The Morgan fingerprint density at radius 1 is 0.759 bits per heavy atom. The van der Waals surface area contributed by atoms with Gasteiger partial charge in [0.05, 0.1) is 31.1 Å². The van der Waals surface area contributed by atoms with Gasteiger partial charge in [-0.3, -0.25) is 0 Å². The fourth-order valence-electron chi connectivity index (χ4n) is 4.48. The van der Waals surface area contributed by atoms with Gasteiger partial charge in [-0.15, -0.1) is 0 Å². The molecule has 4 nitrogen and oxygen atoms in total. The molecular weight excluding hydrogens is 382 g/mol. The van der Waals surface area contributed by atoms with Crippen molar-refractivity contribution in [3.8, 4) is 0 Å². The molecule has 0 unspecified atom stereocenters. The number of hydrogen-bond acceptors (Lipinski definition) is 3. The van der Waals surface area contributed by atoms with Crippen LogP contribution < -0.4 is 0 Å². The van der Waals surface area contributed by atoms with Gasteiger partial charge in [-0.05, 0) is 54.5 Å². The van der Waals surface area contributed by atoms with Crippen molar-refractivity contribution in [2.75, 3.05) is 26.2 Å². The van der Waals surface area contributed by atoms with Gasteiger partial charge in [0.25, 0.3) is 0 Å². The lowest BCUT2D eigenvalue weighted by Gasteiger charge is -2.38. The number of rotatable bonds is 10. The SMILES string of the molecule is CCC[N+](CCC)(CCC)CCC.CCc1c(S(=O)(=O)[O-])ccc2ccccc12. The molecule has 0 aliphatic rings. The number of hydrogen-bond donors (Lipinski definition) is 0. The summed E-state index contributed by atoms with van der Waals surface area (Å²) in [4.78, 5) is -0.103. The topological polar surface area (TPSA) is 57.2 Å². The summed E-state index contributed by atoms with van der Waals surface area (Å²) in [5.74, 6) is 0. The van der Waals surface area contributed by atoms with Crippen molar-refractivity contribution in [1.29, 1.82) is 0 Å². The molecule has 5 heteroatoms. The average molecular weight is 422 g/mol. The van der Waals surface area contributed by atoms with Gasteiger partial charge in [0.2, 0.25) is 0 Å². The summed E-state index contributed by atoms with van der Waals surface area (Å²) in [6.45, 7) is 16.6. The molecule has 0 atom stereocenters. The molecule has 0 saturated heterocycles. The Morgan fingerprint density at radius 3 is 1.66 bits per heavy atom. The van der Waals surface area contributed by atoms with E-state index in [2.05, 4.69) is 27.7 Å². The summed E-state index contributed by atoms with van der Waals surface area (Å²) < 4.78 is 34.7. The molecule has 0 fully saturated rings. The summed E-state index contributed by atoms with van der Waals surface area (Å²) in [7, 11) is -4.39. The molecule has 0 aliphatic carbocycles. The van der Waals surface area contributed by atoms with E-state index in [9.17, 15) is 13.0 Å². The van der Waals surface area contributed by atoms with Crippen molar-refractivity contribution in [3.05, 3.63) is 42.0 Å². The lowest BCUT2D eigenvalue weighted by molar-refractivity contribution is -0.928. The molecule has 164 valence electrons. The molecule has 0 heterocycles. The minimum Gasteiger partial charge on any atom is -0.744 e. The first-order valence-corrected chi connectivity index (χ1v) is 12.5. The fraction of sp³-hybridized carbons (Fsp3) is 0.583. The number of quaternary nitrogens is 1. The van der Waals surface area contributed by atoms with Gasteiger partial charge in [-0.2, -0.15) is 0 Å². The summed E-state index contributed by atoms with van der Waals surface area (Å²) in [6.07, 6.45) is 5.86. The molecule has 2 aromatic carbocycles. The predicted octanol–water partition coefficient (Wildman–Crippen LogP) is 5.75. The molecule has 0 spiro atoms. The zero-order chi connectivity index (χ0) is 21.9. The minimum absolute atomic E-state index is 0.103. The average Bonchev–Trinajstić information content (AvgIpc) is 2.67. The highest BCUT2D eigenvalue weighted by Crippen LogP contribution is 2.26. The standard InChI is InChI=1S/C12H28N.C12H12O3S/c1-5-9-13(10-6-2,11-7-3)12-8-4;1-2-10-11-6-4-3-5-9(11)7-8-12(10)16(13,14)15/h5-12H2,1-4H3;3-8H,2H2,1H3,(H,13,14,15)/q+1;/p-1. The first kappa shape index (κ1) is 25.6. The summed E-state index contributed by atoms with van der Waals surface area (Å²) in [5.41, 5.74) is 0.605. The molecule has 0 amide bonds. The molecule has 0 aromatic heterocycles. The van der Waals surface area contributed by atoms with Gasteiger partial charge >= 0.3 is 0 Å². The van der Waals surface area contributed by atoms with Gasteiger partial charge in [0.15, 0.2) is 0 Å². The summed E-state index contributed by atoms with van der Waals surface area (Å²) in [6, 6.07) is 10.5. The van der Waals surface area contributed by atoms with E-state index in [1.807, 2.05) is 31.2 Å². The minimum atomic E-state index is -4.39. The van der Waals surface area contributed by atoms with E-state index in [1.165, 1.54) is 62.4 Å². The van der Waals surface area contributed by atoms with Crippen LogP contribution in [0.4, 0.5) is 0 Å². The summed E-state index contributed by atoms with van der Waals surface area (Å²) in [5, 5.41) is 1.79. The molecule has 0 bridgehead atoms. The second-order valence-corrected chi connectivity index (χ2v) is 9.16. The normalized spacial score (nSPS) is 11.9. The van der Waals surface area contributed by atoms with Crippen molar-refractivity contribution in [2.45, 2.75) is 71.6 Å². The molecule has 0 N–H and O–H groups in total. The third kappa shape index (κ3) is 7.40. The largest absolute Gasteiger partial charge is 0.744 e. The van der Waals surface area contributed by atoms with E-state index in [0.717, 1.165) is 10.8 Å². The first-order chi connectivity index (χ1) is 13.8. The van der Waals surface area contributed by atoms with Crippen molar-refractivity contribution in [1.82, 2.24) is 0 Å². The van der Waals surface area contributed by atoms with Crippen molar-refractivity contribution in [3.63, 3.8) is 0 Å². The lowest BCUT2D eigenvalue weighted by Crippen LogP contribution is -2.50. The number of aryl methyl sites for hydroxylation is 1. The van der Waals surface area contributed by atoms with Crippen LogP contribution in [0, 0.1) is 0 Å². The van der Waals surface area contributed by atoms with Crippen LogP contribution in [0.15, 0.2) is 41.3 Å². The van der Waals surface area contributed by atoms with Gasteiger partial charge in [0, 0.05) is 0 Å². The van der Waals surface area contributed by atoms with E-state index in [0.29, 0.717) is 12.0 Å². The van der Waals surface area contributed by atoms with E-state index < -0.39 is 10.1 Å². The maximum atomic E-state index is 11.1. The van der Waals surface area contributed by atoms with Crippen molar-refractivity contribution in [2.24, 2.45) is 0 Å². The zero-order valence-electron chi connectivity index (χ0n) is 18.9. The highest BCUT2D eigenvalue weighted by atomic mass is 32.2. The van der Waals surface area contributed by atoms with Crippen LogP contribution in [-0.2, 0) is 16.5 Å². The number of nitrogens with zero attached hydrogens (tertiary/aromatic N) is 1. The van der Waals surface area contributed by atoms with Crippen molar-refractivity contribution >= 4 is 20.9 Å². The number of benzene rings is 2. The smallest absolute Gasteiger partial charge is 0.124 e. The van der Waals surface area contributed by atoms with E-state index in [1.54, 1.807) is 6.07 Å². The van der Waals surface area contributed by atoms with Crippen LogP contribution >= 0.6 is 0 Å². The van der Waals surface area contributed by atoms with E-state index in [4.69, 9.17) is 0 Å². The molecule has 0 radical (unpaired) electrons. The maximum absolute atomic E-state index is 11.1. The lowest BCUT2D eigenvalue weighted by atomic mass is 10.0. The monoisotopic (exact) mass is 421 g/mol. The van der Waals surface area contributed by atoms with Crippen LogP contribution in [0.25, 0.3) is 10.8 Å². The van der Waals surface area contributed by atoms with E-state index in [-0.39, 0.29) is 4.90 Å². The van der Waals surface area contributed by atoms with Crippen LogP contribution in [0.5, 0.6) is 0 Å². The Balaban J connectivity index is 0.000000298. The first-order valence-electron chi connectivity index (χ1n) is 11.1. The third-order valence-electron chi connectivity index (χ3n) is 5.41. The highest BCUT2D eigenvalue weighted by molar-refractivity contribution is 7.85. The van der Waals surface area contributed by atoms with Gasteiger partial charge in [-0.25, -0.2) is 8.42 Å². The quantitative estimate of drug-likeness (QED) is 0.362. The highest BCUT2D eigenvalue weighted by Gasteiger charge is 2.22. The Bertz CT molecular complexity index is 817. The fourth-order valence-corrected chi connectivity index (χ4v) is 5.27. The molecule has 0 saturated carbocycles.